The molecule has 0 aliphatic rings. The van der Waals surface area contributed by atoms with E-state index in [1.165, 1.54) is 6.07 Å². The maximum absolute atomic E-state index is 14.4. The fourth-order valence-corrected chi connectivity index (χ4v) is 3.61. The van der Waals surface area contributed by atoms with Gasteiger partial charge in [-0.25, -0.2) is 14.4 Å². The summed E-state index contributed by atoms with van der Waals surface area (Å²) in [7, 11) is 0. The van der Waals surface area contributed by atoms with Crippen molar-refractivity contribution in [3.8, 4) is 22.5 Å². The van der Waals surface area contributed by atoms with Gasteiger partial charge in [0.15, 0.2) is 5.82 Å². The Labute approximate surface area is 185 Å². The van der Waals surface area contributed by atoms with Gasteiger partial charge in [0.2, 0.25) is 0 Å². The smallest absolute Gasteiger partial charge is 0.163 e. The first-order valence-corrected chi connectivity index (χ1v) is 10.4. The quantitative estimate of drug-likeness (QED) is 0.390. The summed E-state index contributed by atoms with van der Waals surface area (Å²) in [5, 5.41) is 4.27. The lowest BCUT2D eigenvalue weighted by Gasteiger charge is -2.12. The molecule has 32 heavy (non-hydrogen) atoms. The van der Waals surface area contributed by atoms with Gasteiger partial charge in [0, 0.05) is 53.8 Å². The molecule has 0 saturated carbocycles. The summed E-state index contributed by atoms with van der Waals surface area (Å²) in [5.41, 5.74) is 3.93. The van der Waals surface area contributed by atoms with E-state index in [0.29, 0.717) is 23.8 Å². The van der Waals surface area contributed by atoms with Crippen LogP contribution >= 0.6 is 0 Å². The number of rotatable bonds is 6. The highest BCUT2D eigenvalue weighted by Crippen LogP contribution is 2.30. The fraction of sp³-hybridized carbons (Fsp3) is 0.0769. The molecule has 5 nitrogen and oxygen atoms in total. The summed E-state index contributed by atoms with van der Waals surface area (Å²) in [6, 6.07) is 22.1. The third kappa shape index (κ3) is 4.16. The first-order valence-electron chi connectivity index (χ1n) is 10.4. The summed E-state index contributed by atoms with van der Waals surface area (Å²) in [5.74, 6) is 1.02. The molecule has 1 N–H and O–H groups in total. The van der Waals surface area contributed by atoms with Crippen LogP contribution in [-0.4, -0.2) is 26.5 Å². The highest BCUT2D eigenvalue weighted by Gasteiger charge is 2.12. The number of hydrogen-bond donors (Lipinski definition) is 1. The monoisotopic (exact) mass is 421 g/mol. The molecule has 0 unspecified atom stereocenters. The topological polar surface area (TPSA) is 63.6 Å². The number of hydrogen-bond acceptors (Lipinski definition) is 5. The van der Waals surface area contributed by atoms with Gasteiger partial charge in [0.25, 0.3) is 0 Å². The highest BCUT2D eigenvalue weighted by molar-refractivity contribution is 5.94. The number of benzene rings is 2. The van der Waals surface area contributed by atoms with Crippen molar-refractivity contribution in [2.75, 3.05) is 11.9 Å². The lowest BCUT2D eigenvalue weighted by atomic mass is 10.0. The van der Waals surface area contributed by atoms with Crippen molar-refractivity contribution in [1.29, 1.82) is 0 Å². The van der Waals surface area contributed by atoms with E-state index >= 15 is 0 Å². The van der Waals surface area contributed by atoms with Crippen LogP contribution in [0.1, 0.15) is 5.69 Å². The molecule has 156 valence electrons. The molecule has 0 atom stereocenters. The molecule has 3 heterocycles. The molecule has 0 radical (unpaired) electrons. The SMILES string of the molecule is Fc1ccccc1-c1ccc2nc(-c3cccnc3)nc(NCCc3ccccn3)c2c1. The molecule has 6 heteroatoms. The van der Waals surface area contributed by atoms with Gasteiger partial charge in [0.05, 0.1) is 5.52 Å². The Morgan fingerprint density at radius 1 is 0.812 bits per heavy atom. The minimum absolute atomic E-state index is 0.260. The normalized spacial score (nSPS) is 10.9. The van der Waals surface area contributed by atoms with E-state index in [9.17, 15) is 4.39 Å². The van der Waals surface area contributed by atoms with Gasteiger partial charge in [-0.15, -0.1) is 0 Å². The Morgan fingerprint density at radius 2 is 1.72 bits per heavy atom. The predicted molar refractivity (Wildman–Crippen MR) is 125 cm³/mol. The highest BCUT2D eigenvalue weighted by atomic mass is 19.1. The maximum Gasteiger partial charge on any atom is 0.163 e. The van der Waals surface area contributed by atoms with E-state index in [2.05, 4.69) is 15.3 Å². The average molecular weight is 421 g/mol. The van der Waals surface area contributed by atoms with E-state index < -0.39 is 0 Å². The van der Waals surface area contributed by atoms with E-state index in [0.717, 1.165) is 34.1 Å². The van der Waals surface area contributed by atoms with Gasteiger partial charge < -0.3 is 5.32 Å². The van der Waals surface area contributed by atoms with Crippen molar-refractivity contribution in [1.82, 2.24) is 19.9 Å². The molecule has 0 bridgehead atoms. The zero-order chi connectivity index (χ0) is 21.8. The van der Waals surface area contributed by atoms with Gasteiger partial charge in [-0.05, 0) is 48.0 Å². The minimum Gasteiger partial charge on any atom is -0.369 e. The second-order valence-electron chi connectivity index (χ2n) is 7.35. The van der Waals surface area contributed by atoms with Crippen LogP contribution in [0, 0.1) is 5.82 Å². The van der Waals surface area contributed by atoms with Crippen LogP contribution in [0.2, 0.25) is 0 Å². The molecule has 5 rings (SSSR count). The Balaban J connectivity index is 1.56. The summed E-state index contributed by atoms with van der Waals surface area (Å²) in [4.78, 5) is 18.1. The van der Waals surface area contributed by atoms with E-state index in [1.54, 1.807) is 30.7 Å². The van der Waals surface area contributed by atoms with Gasteiger partial charge in [0.1, 0.15) is 11.6 Å². The number of anilines is 1. The molecule has 0 saturated heterocycles. The largest absolute Gasteiger partial charge is 0.369 e. The fourth-order valence-electron chi connectivity index (χ4n) is 3.61. The van der Waals surface area contributed by atoms with Crippen LogP contribution < -0.4 is 5.32 Å². The van der Waals surface area contributed by atoms with Crippen LogP contribution in [0.3, 0.4) is 0 Å². The second kappa shape index (κ2) is 8.89. The average Bonchev–Trinajstić information content (AvgIpc) is 2.85. The molecule has 0 aliphatic carbocycles. The summed E-state index contributed by atoms with van der Waals surface area (Å²) < 4.78 is 14.4. The van der Waals surface area contributed by atoms with E-state index in [1.807, 2.05) is 54.6 Å². The Morgan fingerprint density at radius 3 is 2.53 bits per heavy atom. The van der Waals surface area contributed by atoms with Crippen molar-refractivity contribution in [2.24, 2.45) is 0 Å². The zero-order valence-electron chi connectivity index (χ0n) is 17.2. The van der Waals surface area contributed by atoms with Crippen molar-refractivity contribution >= 4 is 16.7 Å². The number of nitrogens with one attached hydrogen (secondary N) is 1. The maximum atomic E-state index is 14.4. The standard InChI is InChI=1S/C26H20FN5/c27-23-9-2-1-8-21(23)18-10-11-24-22(16-18)26(30-15-12-20-7-3-4-14-29-20)32-25(31-24)19-6-5-13-28-17-19/h1-11,13-14,16-17H,12,15H2,(H,30,31,32). The van der Waals surface area contributed by atoms with Crippen molar-refractivity contribution in [3.05, 3.63) is 103 Å². The van der Waals surface area contributed by atoms with E-state index in [-0.39, 0.29) is 5.82 Å². The lowest BCUT2D eigenvalue weighted by Crippen LogP contribution is -2.09. The molecule has 3 aromatic heterocycles. The van der Waals surface area contributed by atoms with Crippen molar-refractivity contribution < 1.29 is 4.39 Å². The Hall–Kier alpha value is -4.19. The molecule has 2 aromatic carbocycles. The molecule has 0 amide bonds. The summed E-state index contributed by atoms with van der Waals surface area (Å²) in [6.45, 7) is 0.652. The summed E-state index contributed by atoms with van der Waals surface area (Å²) >= 11 is 0. The van der Waals surface area contributed by atoms with Crippen LogP contribution in [0.15, 0.2) is 91.4 Å². The van der Waals surface area contributed by atoms with Gasteiger partial charge in [-0.3, -0.25) is 9.97 Å². The third-order valence-corrected chi connectivity index (χ3v) is 5.20. The zero-order valence-corrected chi connectivity index (χ0v) is 17.2. The summed E-state index contributed by atoms with van der Waals surface area (Å²) in [6.07, 6.45) is 6.00. The number of nitrogens with zero attached hydrogens (tertiary/aromatic N) is 4. The van der Waals surface area contributed by atoms with E-state index in [4.69, 9.17) is 9.97 Å². The molecule has 0 aliphatic heterocycles. The molecular formula is C26H20FN5. The minimum atomic E-state index is -0.260. The molecule has 0 spiro atoms. The number of aromatic nitrogens is 4. The Kier molecular flexibility index (Phi) is 5.49. The van der Waals surface area contributed by atoms with Crippen LogP contribution in [-0.2, 0) is 6.42 Å². The Bertz CT molecular complexity index is 1360. The number of fused-ring (bicyclic) bond motifs is 1. The van der Waals surface area contributed by atoms with Crippen LogP contribution in [0.25, 0.3) is 33.4 Å². The van der Waals surface area contributed by atoms with Crippen molar-refractivity contribution in [3.63, 3.8) is 0 Å². The third-order valence-electron chi connectivity index (χ3n) is 5.20. The number of pyridine rings is 2. The van der Waals surface area contributed by atoms with Crippen LogP contribution in [0.4, 0.5) is 10.2 Å². The van der Waals surface area contributed by atoms with Gasteiger partial charge in [-0.2, -0.15) is 0 Å². The van der Waals surface area contributed by atoms with Crippen LogP contribution in [0.5, 0.6) is 0 Å². The molecular weight excluding hydrogens is 401 g/mol. The lowest BCUT2D eigenvalue weighted by molar-refractivity contribution is 0.631. The first kappa shape index (κ1) is 19.8. The van der Waals surface area contributed by atoms with Gasteiger partial charge in [-0.1, -0.05) is 30.3 Å². The van der Waals surface area contributed by atoms with Gasteiger partial charge >= 0.3 is 0 Å². The molecule has 5 aromatic rings. The first-order chi connectivity index (χ1) is 15.8. The van der Waals surface area contributed by atoms with Crippen molar-refractivity contribution in [2.45, 2.75) is 6.42 Å². The molecule has 0 fully saturated rings. The number of halogens is 1. The predicted octanol–water partition coefficient (Wildman–Crippen LogP) is 5.55. The second-order valence-corrected chi connectivity index (χ2v) is 7.35.